The lowest BCUT2D eigenvalue weighted by molar-refractivity contribution is 0.414. The summed E-state index contributed by atoms with van der Waals surface area (Å²) in [5, 5.41) is 7.12. The highest BCUT2D eigenvalue weighted by Crippen LogP contribution is 2.10. The van der Waals surface area contributed by atoms with Crippen LogP contribution in [0.15, 0.2) is 24.3 Å². The van der Waals surface area contributed by atoms with Crippen molar-refractivity contribution in [1.82, 2.24) is 10.6 Å². The second-order valence-corrected chi connectivity index (χ2v) is 4.57. The largest absolute Gasteiger partial charge is 0.497 e. The Balaban J connectivity index is 2.20. The molecule has 0 amide bonds. The quantitative estimate of drug-likeness (QED) is 0.587. The number of ether oxygens (including phenoxy) is 1. The number of rotatable bonds is 7. The molecule has 0 fully saturated rings. The highest BCUT2D eigenvalue weighted by Gasteiger charge is 1.97. The third kappa shape index (κ3) is 5.87. The van der Waals surface area contributed by atoms with E-state index in [0.717, 1.165) is 24.0 Å². The number of benzene rings is 1. The van der Waals surface area contributed by atoms with Crippen LogP contribution in [-0.4, -0.2) is 18.8 Å². The standard InChI is InChI=1S/C14H22N2OS/c1-3-4-5-10-15-14(18)16-11-12-6-8-13(17-2)9-7-12/h6-9H,3-5,10-11H2,1-2H3,(H2,15,16,18). The van der Waals surface area contributed by atoms with E-state index in [4.69, 9.17) is 17.0 Å². The van der Waals surface area contributed by atoms with Gasteiger partial charge in [-0.2, -0.15) is 0 Å². The molecule has 0 aliphatic heterocycles. The minimum absolute atomic E-state index is 0.724. The summed E-state index contributed by atoms with van der Waals surface area (Å²) in [5.41, 5.74) is 1.19. The van der Waals surface area contributed by atoms with Crippen molar-refractivity contribution in [3.63, 3.8) is 0 Å². The van der Waals surface area contributed by atoms with E-state index in [1.54, 1.807) is 7.11 Å². The summed E-state index contributed by atoms with van der Waals surface area (Å²) in [5.74, 6) is 0.874. The third-order valence-electron chi connectivity index (χ3n) is 2.68. The fraction of sp³-hybridized carbons (Fsp3) is 0.500. The zero-order valence-electron chi connectivity index (χ0n) is 11.2. The van der Waals surface area contributed by atoms with Crippen molar-refractivity contribution >= 4 is 17.3 Å². The normalized spacial score (nSPS) is 9.89. The maximum absolute atomic E-state index is 5.20. The predicted molar refractivity (Wildman–Crippen MR) is 80.0 cm³/mol. The van der Waals surface area contributed by atoms with E-state index in [9.17, 15) is 0 Å². The molecule has 4 heteroatoms. The molecule has 0 aliphatic rings. The first-order valence-corrected chi connectivity index (χ1v) is 6.81. The van der Waals surface area contributed by atoms with Crippen LogP contribution in [0.2, 0.25) is 0 Å². The molecular formula is C14H22N2OS. The molecule has 3 nitrogen and oxygen atoms in total. The average Bonchev–Trinajstić information content (AvgIpc) is 2.42. The molecule has 1 rings (SSSR count). The van der Waals surface area contributed by atoms with Crippen molar-refractivity contribution < 1.29 is 4.74 Å². The van der Waals surface area contributed by atoms with Crippen molar-refractivity contribution in [3.05, 3.63) is 29.8 Å². The molecule has 0 aromatic heterocycles. The molecule has 0 saturated heterocycles. The van der Waals surface area contributed by atoms with Gasteiger partial charge in [0, 0.05) is 13.1 Å². The Hall–Kier alpha value is -1.29. The van der Waals surface area contributed by atoms with Crippen LogP contribution in [0, 0.1) is 0 Å². The molecule has 0 unspecified atom stereocenters. The third-order valence-corrected chi connectivity index (χ3v) is 2.97. The van der Waals surface area contributed by atoms with Gasteiger partial charge < -0.3 is 15.4 Å². The van der Waals surface area contributed by atoms with Crippen LogP contribution in [0.5, 0.6) is 5.75 Å². The van der Waals surface area contributed by atoms with Crippen LogP contribution in [0.1, 0.15) is 31.7 Å². The zero-order valence-corrected chi connectivity index (χ0v) is 12.0. The second-order valence-electron chi connectivity index (χ2n) is 4.16. The van der Waals surface area contributed by atoms with E-state index in [-0.39, 0.29) is 0 Å². The highest BCUT2D eigenvalue weighted by molar-refractivity contribution is 7.80. The molecular weight excluding hydrogens is 244 g/mol. The van der Waals surface area contributed by atoms with Gasteiger partial charge in [-0.25, -0.2) is 0 Å². The molecule has 2 N–H and O–H groups in total. The SMILES string of the molecule is CCCCCNC(=S)NCc1ccc(OC)cc1. The lowest BCUT2D eigenvalue weighted by atomic mass is 10.2. The van der Waals surface area contributed by atoms with Gasteiger partial charge >= 0.3 is 0 Å². The van der Waals surface area contributed by atoms with E-state index < -0.39 is 0 Å². The van der Waals surface area contributed by atoms with E-state index in [0.29, 0.717) is 0 Å². The first kappa shape index (κ1) is 14.8. The minimum atomic E-state index is 0.724. The smallest absolute Gasteiger partial charge is 0.166 e. The van der Waals surface area contributed by atoms with E-state index >= 15 is 0 Å². The van der Waals surface area contributed by atoms with Crippen molar-refractivity contribution in [2.24, 2.45) is 0 Å². The summed E-state index contributed by atoms with van der Waals surface area (Å²) in [7, 11) is 1.67. The number of nitrogens with one attached hydrogen (secondary N) is 2. The Bertz CT molecular complexity index is 351. The lowest BCUT2D eigenvalue weighted by Crippen LogP contribution is -2.35. The Labute approximate surface area is 115 Å². The van der Waals surface area contributed by atoms with Crippen LogP contribution >= 0.6 is 12.2 Å². The Morgan fingerprint density at radius 1 is 1.17 bits per heavy atom. The highest BCUT2D eigenvalue weighted by atomic mass is 32.1. The van der Waals surface area contributed by atoms with Gasteiger partial charge in [0.05, 0.1) is 7.11 Å². The summed E-state index contributed by atoms with van der Waals surface area (Å²) in [6, 6.07) is 7.97. The van der Waals surface area contributed by atoms with Gasteiger partial charge in [-0.1, -0.05) is 31.9 Å². The van der Waals surface area contributed by atoms with Gasteiger partial charge in [0.25, 0.3) is 0 Å². The fourth-order valence-corrected chi connectivity index (χ4v) is 1.74. The average molecular weight is 266 g/mol. The number of hydrogen-bond donors (Lipinski definition) is 2. The molecule has 0 saturated carbocycles. The molecule has 1 aromatic rings. The maximum atomic E-state index is 5.20. The van der Waals surface area contributed by atoms with Crippen molar-refractivity contribution in [1.29, 1.82) is 0 Å². The molecule has 18 heavy (non-hydrogen) atoms. The van der Waals surface area contributed by atoms with Crippen LogP contribution in [-0.2, 0) is 6.54 Å². The summed E-state index contributed by atoms with van der Waals surface area (Å²) < 4.78 is 5.11. The Morgan fingerprint density at radius 3 is 2.50 bits per heavy atom. The van der Waals surface area contributed by atoms with Crippen LogP contribution < -0.4 is 15.4 Å². The summed E-state index contributed by atoms with van der Waals surface area (Å²) in [6.45, 7) is 3.88. The summed E-state index contributed by atoms with van der Waals surface area (Å²) in [4.78, 5) is 0. The van der Waals surface area contributed by atoms with Gasteiger partial charge in [-0.15, -0.1) is 0 Å². The van der Waals surface area contributed by atoms with Crippen molar-refractivity contribution in [2.45, 2.75) is 32.7 Å². The van der Waals surface area contributed by atoms with Crippen molar-refractivity contribution in [2.75, 3.05) is 13.7 Å². The van der Waals surface area contributed by atoms with Gasteiger partial charge in [0.2, 0.25) is 0 Å². The summed E-state index contributed by atoms with van der Waals surface area (Å²) in [6.07, 6.45) is 3.64. The van der Waals surface area contributed by atoms with Gasteiger partial charge in [0.1, 0.15) is 5.75 Å². The lowest BCUT2D eigenvalue weighted by Gasteiger charge is -2.10. The molecule has 100 valence electrons. The first-order chi connectivity index (χ1) is 8.76. The predicted octanol–water partition coefficient (Wildman–Crippen LogP) is 2.85. The molecule has 1 aromatic carbocycles. The van der Waals surface area contributed by atoms with Crippen LogP contribution in [0.3, 0.4) is 0 Å². The summed E-state index contributed by atoms with van der Waals surface area (Å²) >= 11 is 5.20. The molecule has 0 radical (unpaired) electrons. The van der Waals surface area contributed by atoms with E-state index in [1.807, 2.05) is 24.3 Å². The van der Waals surface area contributed by atoms with Gasteiger partial charge in [0.15, 0.2) is 5.11 Å². The number of unbranched alkanes of at least 4 members (excludes halogenated alkanes) is 2. The van der Waals surface area contributed by atoms with Gasteiger partial charge in [-0.05, 0) is 36.3 Å². The van der Waals surface area contributed by atoms with E-state index in [1.165, 1.54) is 24.8 Å². The number of methoxy groups -OCH3 is 1. The van der Waals surface area contributed by atoms with Crippen molar-refractivity contribution in [3.8, 4) is 5.75 Å². The molecule has 0 atom stereocenters. The van der Waals surface area contributed by atoms with Gasteiger partial charge in [-0.3, -0.25) is 0 Å². The minimum Gasteiger partial charge on any atom is -0.497 e. The topological polar surface area (TPSA) is 33.3 Å². The van der Waals surface area contributed by atoms with E-state index in [2.05, 4.69) is 17.6 Å². The van der Waals surface area contributed by atoms with Crippen LogP contribution in [0.4, 0.5) is 0 Å². The Kier molecular flexibility index (Phi) is 7.18. The molecule has 0 aliphatic carbocycles. The molecule has 0 heterocycles. The van der Waals surface area contributed by atoms with Crippen LogP contribution in [0.25, 0.3) is 0 Å². The second kappa shape index (κ2) is 8.75. The number of thiocarbonyl (C=S) groups is 1. The number of hydrogen-bond acceptors (Lipinski definition) is 2. The zero-order chi connectivity index (χ0) is 13.2. The monoisotopic (exact) mass is 266 g/mol. The molecule has 0 bridgehead atoms. The Morgan fingerprint density at radius 2 is 1.89 bits per heavy atom. The molecule has 0 spiro atoms. The fourth-order valence-electron chi connectivity index (χ4n) is 1.57. The first-order valence-electron chi connectivity index (χ1n) is 6.41. The maximum Gasteiger partial charge on any atom is 0.166 e.